The summed E-state index contributed by atoms with van der Waals surface area (Å²) >= 11 is 0. The number of likely N-dealkylation sites (tertiary alicyclic amines) is 1. The number of carbonyl (C=O) groups excluding carboxylic acids is 5. The van der Waals surface area contributed by atoms with Crippen molar-refractivity contribution in [1.82, 2.24) is 14.8 Å². The van der Waals surface area contributed by atoms with Crippen molar-refractivity contribution in [2.24, 2.45) is 0 Å². The summed E-state index contributed by atoms with van der Waals surface area (Å²) in [7, 11) is 0. The van der Waals surface area contributed by atoms with Gasteiger partial charge in [-0.3, -0.25) is 34.0 Å². The van der Waals surface area contributed by atoms with Crippen LogP contribution in [0.25, 0.3) is 0 Å². The Hall–Kier alpha value is -3.99. The zero-order valence-corrected chi connectivity index (χ0v) is 16.5. The highest BCUT2D eigenvalue weighted by molar-refractivity contribution is 6.23. The van der Waals surface area contributed by atoms with E-state index in [0.29, 0.717) is 4.90 Å². The molecule has 32 heavy (non-hydrogen) atoms. The number of carbonyl (C=O) groups is 5. The summed E-state index contributed by atoms with van der Waals surface area (Å²) in [6.45, 7) is -0.757. The van der Waals surface area contributed by atoms with E-state index in [1.54, 1.807) is 0 Å². The van der Waals surface area contributed by atoms with Crippen LogP contribution < -0.4 is 4.74 Å². The Morgan fingerprint density at radius 3 is 2.66 bits per heavy atom. The third-order valence-corrected chi connectivity index (χ3v) is 5.21. The Balaban J connectivity index is 1.63. The first-order valence-electron chi connectivity index (χ1n) is 9.62. The van der Waals surface area contributed by atoms with E-state index in [4.69, 9.17) is 9.84 Å². The molecule has 2 aliphatic heterocycles. The zero-order valence-electron chi connectivity index (χ0n) is 16.5. The minimum Gasteiger partial charge on any atom is -0.420 e. The number of aromatic nitrogens is 1. The number of halogens is 1. The van der Waals surface area contributed by atoms with Crippen LogP contribution in [0.2, 0.25) is 0 Å². The maximum atomic E-state index is 15.1. The van der Waals surface area contributed by atoms with Crippen molar-refractivity contribution in [2.45, 2.75) is 18.9 Å². The molecule has 164 valence electrons. The minimum absolute atomic E-state index is 0.0536. The second-order valence-corrected chi connectivity index (χ2v) is 7.07. The first-order valence-corrected chi connectivity index (χ1v) is 9.62. The number of amides is 4. The van der Waals surface area contributed by atoms with Crippen LogP contribution in [-0.2, 0) is 9.59 Å². The van der Waals surface area contributed by atoms with E-state index in [9.17, 15) is 24.0 Å². The van der Waals surface area contributed by atoms with Gasteiger partial charge in [0, 0.05) is 18.8 Å². The molecule has 1 aromatic heterocycles. The van der Waals surface area contributed by atoms with Gasteiger partial charge in [0.05, 0.1) is 29.8 Å². The lowest BCUT2D eigenvalue weighted by atomic mass is 10.0. The predicted molar refractivity (Wildman–Crippen MR) is 103 cm³/mol. The van der Waals surface area contributed by atoms with E-state index >= 15 is 4.39 Å². The minimum atomic E-state index is -1.31. The lowest BCUT2D eigenvalue weighted by Gasteiger charge is -2.34. The smallest absolute Gasteiger partial charge is 0.345 e. The zero-order chi connectivity index (χ0) is 23.0. The van der Waals surface area contributed by atoms with Gasteiger partial charge >= 0.3 is 5.97 Å². The van der Waals surface area contributed by atoms with Crippen molar-refractivity contribution in [2.75, 3.05) is 13.2 Å². The van der Waals surface area contributed by atoms with E-state index in [-0.39, 0.29) is 30.5 Å². The summed E-state index contributed by atoms with van der Waals surface area (Å²) in [6.07, 6.45) is 2.42. The molecule has 1 saturated heterocycles. The fraction of sp³-hybridized carbons (Fsp3) is 0.238. The molecule has 0 bridgehead atoms. The average Bonchev–Trinajstić information content (AvgIpc) is 3.04. The van der Waals surface area contributed by atoms with Crippen LogP contribution in [0.5, 0.6) is 5.75 Å². The molecule has 4 rings (SSSR count). The fourth-order valence-electron chi connectivity index (χ4n) is 3.69. The van der Waals surface area contributed by atoms with Gasteiger partial charge < -0.3 is 9.84 Å². The van der Waals surface area contributed by atoms with Gasteiger partial charge in [-0.25, -0.2) is 9.18 Å². The molecule has 1 aromatic carbocycles. The number of rotatable bonds is 5. The van der Waals surface area contributed by atoms with Crippen LogP contribution in [0.3, 0.4) is 0 Å². The van der Waals surface area contributed by atoms with Crippen molar-refractivity contribution in [3.8, 4) is 5.75 Å². The molecule has 2 aliphatic rings. The quantitative estimate of drug-likeness (QED) is 0.404. The van der Waals surface area contributed by atoms with Crippen molar-refractivity contribution >= 4 is 29.6 Å². The molecule has 10 nitrogen and oxygen atoms in total. The number of esters is 1. The summed E-state index contributed by atoms with van der Waals surface area (Å²) in [5, 5.41) is 9.08. The van der Waals surface area contributed by atoms with Crippen LogP contribution in [-0.4, -0.2) is 68.7 Å². The van der Waals surface area contributed by atoms with Crippen LogP contribution in [0.15, 0.2) is 36.7 Å². The van der Waals surface area contributed by atoms with Crippen LogP contribution in [0, 0.1) is 5.82 Å². The Bertz CT molecular complexity index is 1150. The number of nitrogens with zero attached hydrogens (tertiary/aromatic N) is 3. The molecule has 0 radical (unpaired) electrons. The molecule has 11 heteroatoms. The number of hydrogen-bond donors (Lipinski definition) is 1. The maximum absolute atomic E-state index is 15.1. The summed E-state index contributed by atoms with van der Waals surface area (Å²) in [4.78, 5) is 67.7. The molecule has 1 fully saturated rings. The Morgan fingerprint density at radius 1 is 1.19 bits per heavy atom. The van der Waals surface area contributed by atoms with Crippen molar-refractivity contribution < 1.29 is 38.2 Å². The van der Waals surface area contributed by atoms with E-state index < -0.39 is 59.4 Å². The molecule has 4 amide bonds. The average molecular weight is 441 g/mol. The second kappa shape index (κ2) is 8.27. The summed E-state index contributed by atoms with van der Waals surface area (Å²) in [5.41, 5.74) is -0.852. The monoisotopic (exact) mass is 441 g/mol. The number of benzene rings is 1. The number of fused-ring (bicyclic) bond motifs is 1. The van der Waals surface area contributed by atoms with E-state index in [1.165, 1.54) is 24.5 Å². The highest BCUT2D eigenvalue weighted by atomic mass is 19.1. The first kappa shape index (κ1) is 21.2. The van der Waals surface area contributed by atoms with Crippen molar-refractivity contribution in [1.29, 1.82) is 0 Å². The number of imide groups is 2. The van der Waals surface area contributed by atoms with Crippen LogP contribution >= 0.6 is 0 Å². The normalized spacial score (nSPS) is 18.2. The Labute approximate surface area is 180 Å². The largest absolute Gasteiger partial charge is 0.420 e. The Morgan fingerprint density at radius 2 is 1.97 bits per heavy atom. The van der Waals surface area contributed by atoms with Gasteiger partial charge in [-0.2, -0.15) is 0 Å². The third-order valence-electron chi connectivity index (χ3n) is 5.21. The number of piperidine rings is 1. The standard InChI is InChI=1S/C21H16FN3O7/c22-17-14(32-21(31)11-2-1-7-23-10-11)5-3-12-16(17)20(30)25(18(12)28)13-4-6-15(27)24(8-9-26)19(13)29/h1-3,5,7,10,13,26H,4,6,8-9H2. The number of hydrogen-bond acceptors (Lipinski definition) is 8. The van der Waals surface area contributed by atoms with Gasteiger partial charge in [0.2, 0.25) is 5.91 Å². The van der Waals surface area contributed by atoms with Gasteiger partial charge in [-0.15, -0.1) is 0 Å². The molecular formula is C21H16FN3O7. The van der Waals surface area contributed by atoms with Gasteiger partial charge in [0.15, 0.2) is 11.6 Å². The molecule has 0 aliphatic carbocycles. The lowest BCUT2D eigenvalue weighted by Crippen LogP contribution is -2.56. The third kappa shape index (κ3) is 3.42. The molecule has 3 heterocycles. The van der Waals surface area contributed by atoms with Crippen LogP contribution in [0.1, 0.15) is 43.9 Å². The van der Waals surface area contributed by atoms with Gasteiger partial charge in [-0.05, 0) is 30.7 Å². The molecule has 1 N–H and O–H groups in total. The number of β-amino-alcohol motifs (C(OH)–C–C–N with tert-alkyl or cyclic N) is 1. The highest BCUT2D eigenvalue weighted by Crippen LogP contribution is 2.34. The number of ether oxygens (including phenoxy) is 1. The van der Waals surface area contributed by atoms with E-state index in [0.717, 1.165) is 17.0 Å². The topological polar surface area (TPSA) is 134 Å². The molecular weight excluding hydrogens is 425 g/mol. The fourth-order valence-corrected chi connectivity index (χ4v) is 3.69. The number of pyridine rings is 1. The molecule has 1 atom stereocenters. The van der Waals surface area contributed by atoms with Crippen molar-refractivity contribution in [3.05, 3.63) is 59.2 Å². The molecule has 1 unspecified atom stereocenters. The van der Waals surface area contributed by atoms with E-state index in [2.05, 4.69) is 4.98 Å². The summed E-state index contributed by atoms with van der Waals surface area (Å²) in [5.74, 6) is -6.02. The highest BCUT2D eigenvalue weighted by Gasteiger charge is 2.48. The SMILES string of the molecule is O=C(Oc1ccc2c(c1F)C(=O)N(C1CCC(=O)N(CCO)C1=O)C2=O)c1cccnc1. The summed E-state index contributed by atoms with van der Waals surface area (Å²) in [6, 6.07) is 3.76. The van der Waals surface area contributed by atoms with Crippen molar-refractivity contribution in [3.63, 3.8) is 0 Å². The first-order chi connectivity index (χ1) is 15.3. The van der Waals surface area contributed by atoms with Gasteiger partial charge in [0.25, 0.3) is 17.7 Å². The van der Waals surface area contributed by atoms with Crippen LogP contribution in [0.4, 0.5) is 4.39 Å². The van der Waals surface area contributed by atoms with E-state index in [1.807, 2.05) is 0 Å². The number of aliphatic hydroxyl groups is 1. The lowest BCUT2D eigenvalue weighted by molar-refractivity contribution is -0.152. The maximum Gasteiger partial charge on any atom is 0.345 e. The Kier molecular flexibility index (Phi) is 5.49. The molecule has 0 spiro atoms. The molecule has 2 aromatic rings. The predicted octanol–water partition coefficient (Wildman–Crippen LogP) is 0.546. The van der Waals surface area contributed by atoms with Gasteiger partial charge in [-0.1, -0.05) is 0 Å². The molecule has 0 saturated carbocycles. The summed E-state index contributed by atoms with van der Waals surface area (Å²) < 4.78 is 20.1. The second-order valence-electron chi connectivity index (χ2n) is 7.07. The van der Waals surface area contributed by atoms with Gasteiger partial charge in [0.1, 0.15) is 6.04 Å². The number of aliphatic hydroxyl groups excluding tert-OH is 1.